The van der Waals surface area contributed by atoms with Gasteiger partial charge in [-0.05, 0) is 12.8 Å². The Bertz CT molecular complexity index is 296. The standard InChI is InChI=1S/C12H22N2O3S/c15-12(14-5-7-17-8-6-14)1-4-13-11-2-9-18(16)10-3-11/h11,13H,1-10H2. The van der Waals surface area contributed by atoms with E-state index in [0.29, 0.717) is 25.7 Å². The summed E-state index contributed by atoms with van der Waals surface area (Å²) in [5, 5.41) is 3.40. The van der Waals surface area contributed by atoms with Crippen molar-refractivity contribution in [3.05, 3.63) is 0 Å². The summed E-state index contributed by atoms with van der Waals surface area (Å²) < 4.78 is 16.4. The summed E-state index contributed by atoms with van der Waals surface area (Å²) in [6.45, 7) is 3.50. The number of carbonyl (C=O) groups excluding carboxylic acids is 1. The van der Waals surface area contributed by atoms with Gasteiger partial charge in [-0.2, -0.15) is 0 Å². The molecule has 2 fully saturated rings. The monoisotopic (exact) mass is 274 g/mol. The Hall–Kier alpha value is -0.460. The lowest BCUT2D eigenvalue weighted by molar-refractivity contribution is -0.135. The lowest BCUT2D eigenvalue weighted by Crippen LogP contribution is -2.43. The number of amides is 1. The third-order valence-corrected chi connectivity index (χ3v) is 4.91. The fourth-order valence-corrected chi connectivity index (χ4v) is 3.65. The van der Waals surface area contributed by atoms with Crippen LogP contribution in [0.1, 0.15) is 19.3 Å². The summed E-state index contributed by atoms with van der Waals surface area (Å²) in [5.41, 5.74) is 0. The molecular formula is C12H22N2O3S. The van der Waals surface area contributed by atoms with Crippen LogP contribution in [-0.4, -0.2) is 65.4 Å². The third-order valence-electron chi connectivity index (χ3n) is 3.52. The van der Waals surface area contributed by atoms with Crippen molar-refractivity contribution >= 4 is 16.7 Å². The zero-order chi connectivity index (χ0) is 12.8. The molecule has 18 heavy (non-hydrogen) atoms. The summed E-state index contributed by atoms with van der Waals surface area (Å²) in [5.74, 6) is 1.81. The van der Waals surface area contributed by atoms with Crippen LogP contribution in [0, 0.1) is 0 Å². The van der Waals surface area contributed by atoms with Gasteiger partial charge in [0.05, 0.1) is 13.2 Å². The molecule has 0 aromatic carbocycles. The molecule has 1 N–H and O–H groups in total. The van der Waals surface area contributed by atoms with Gasteiger partial charge in [0, 0.05) is 54.4 Å². The second-order valence-corrected chi connectivity index (χ2v) is 6.52. The molecule has 2 aliphatic heterocycles. The van der Waals surface area contributed by atoms with Crippen molar-refractivity contribution in [1.29, 1.82) is 0 Å². The maximum Gasteiger partial charge on any atom is 0.224 e. The van der Waals surface area contributed by atoms with E-state index in [1.54, 1.807) is 0 Å². The molecule has 0 atom stereocenters. The van der Waals surface area contributed by atoms with Crippen LogP contribution in [0.25, 0.3) is 0 Å². The van der Waals surface area contributed by atoms with E-state index in [-0.39, 0.29) is 5.91 Å². The van der Waals surface area contributed by atoms with Crippen molar-refractivity contribution in [3.63, 3.8) is 0 Å². The van der Waals surface area contributed by atoms with Crippen LogP contribution in [0.5, 0.6) is 0 Å². The number of carbonyl (C=O) groups is 1. The average Bonchev–Trinajstić information content (AvgIpc) is 2.42. The van der Waals surface area contributed by atoms with Gasteiger partial charge in [-0.1, -0.05) is 0 Å². The Morgan fingerprint density at radius 3 is 2.61 bits per heavy atom. The van der Waals surface area contributed by atoms with E-state index in [9.17, 15) is 9.00 Å². The van der Waals surface area contributed by atoms with Crippen LogP contribution in [-0.2, 0) is 20.3 Å². The number of rotatable bonds is 4. The summed E-state index contributed by atoms with van der Waals surface area (Å²) in [6, 6.07) is 0.445. The van der Waals surface area contributed by atoms with Crippen LogP contribution in [0.15, 0.2) is 0 Å². The number of morpholine rings is 1. The van der Waals surface area contributed by atoms with Crippen molar-refractivity contribution in [2.75, 3.05) is 44.4 Å². The number of nitrogens with zero attached hydrogens (tertiary/aromatic N) is 1. The quantitative estimate of drug-likeness (QED) is 0.767. The van der Waals surface area contributed by atoms with Crippen molar-refractivity contribution < 1.29 is 13.7 Å². The van der Waals surface area contributed by atoms with Crippen molar-refractivity contribution in [2.45, 2.75) is 25.3 Å². The van der Waals surface area contributed by atoms with E-state index in [4.69, 9.17) is 4.74 Å². The SMILES string of the molecule is O=C(CCNC1CCS(=O)CC1)N1CCOCC1. The van der Waals surface area contributed by atoms with E-state index in [2.05, 4.69) is 5.32 Å². The molecule has 2 saturated heterocycles. The second kappa shape index (κ2) is 7.21. The van der Waals surface area contributed by atoms with Gasteiger partial charge in [0.25, 0.3) is 0 Å². The van der Waals surface area contributed by atoms with E-state index in [1.165, 1.54) is 0 Å². The van der Waals surface area contributed by atoms with Gasteiger partial charge in [-0.15, -0.1) is 0 Å². The number of hydrogen-bond acceptors (Lipinski definition) is 4. The Morgan fingerprint density at radius 2 is 1.94 bits per heavy atom. The fraction of sp³-hybridized carbons (Fsp3) is 0.917. The molecule has 0 saturated carbocycles. The maximum absolute atomic E-state index is 11.9. The van der Waals surface area contributed by atoms with Crippen LogP contribution < -0.4 is 5.32 Å². The van der Waals surface area contributed by atoms with Crippen LogP contribution in [0.3, 0.4) is 0 Å². The highest BCUT2D eigenvalue weighted by Gasteiger charge is 2.19. The van der Waals surface area contributed by atoms with Crippen LogP contribution in [0.2, 0.25) is 0 Å². The predicted molar refractivity (Wildman–Crippen MR) is 70.9 cm³/mol. The maximum atomic E-state index is 11.9. The van der Waals surface area contributed by atoms with Crippen molar-refractivity contribution in [1.82, 2.24) is 10.2 Å². The van der Waals surface area contributed by atoms with Gasteiger partial charge in [-0.3, -0.25) is 9.00 Å². The molecule has 2 rings (SSSR count). The third kappa shape index (κ3) is 4.33. The molecule has 2 aliphatic rings. The van der Waals surface area contributed by atoms with Crippen molar-refractivity contribution in [3.8, 4) is 0 Å². The molecule has 0 spiro atoms. The van der Waals surface area contributed by atoms with Gasteiger partial charge in [0.15, 0.2) is 0 Å². The predicted octanol–water partition coefficient (Wildman–Crippen LogP) is -0.264. The van der Waals surface area contributed by atoms with Gasteiger partial charge in [0.1, 0.15) is 0 Å². The molecule has 6 heteroatoms. The lowest BCUT2D eigenvalue weighted by atomic mass is 10.1. The summed E-state index contributed by atoms with van der Waals surface area (Å²) >= 11 is 0. The van der Waals surface area contributed by atoms with Crippen molar-refractivity contribution in [2.24, 2.45) is 0 Å². The minimum absolute atomic E-state index is 0.213. The molecule has 104 valence electrons. The summed E-state index contributed by atoms with van der Waals surface area (Å²) in [7, 11) is -0.608. The van der Waals surface area contributed by atoms with E-state index in [1.807, 2.05) is 4.90 Å². The molecule has 0 aromatic rings. The number of nitrogens with one attached hydrogen (secondary N) is 1. The zero-order valence-corrected chi connectivity index (χ0v) is 11.5. The summed E-state index contributed by atoms with van der Waals surface area (Å²) in [4.78, 5) is 13.7. The number of hydrogen-bond donors (Lipinski definition) is 1. The van der Waals surface area contributed by atoms with Gasteiger partial charge >= 0.3 is 0 Å². The van der Waals surface area contributed by atoms with Crippen LogP contribution in [0.4, 0.5) is 0 Å². The Balaban J connectivity index is 1.59. The minimum Gasteiger partial charge on any atom is -0.378 e. The molecular weight excluding hydrogens is 252 g/mol. The fourth-order valence-electron chi connectivity index (χ4n) is 2.35. The lowest BCUT2D eigenvalue weighted by Gasteiger charge is -2.27. The highest BCUT2D eigenvalue weighted by Crippen LogP contribution is 2.09. The minimum atomic E-state index is -0.608. The smallest absolute Gasteiger partial charge is 0.224 e. The molecule has 1 amide bonds. The molecule has 5 nitrogen and oxygen atoms in total. The zero-order valence-electron chi connectivity index (χ0n) is 10.7. The van der Waals surface area contributed by atoms with E-state index in [0.717, 1.165) is 44.0 Å². The highest BCUT2D eigenvalue weighted by atomic mass is 32.2. The topological polar surface area (TPSA) is 58.6 Å². The Kier molecular flexibility index (Phi) is 5.59. The van der Waals surface area contributed by atoms with E-state index >= 15 is 0 Å². The van der Waals surface area contributed by atoms with Gasteiger partial charge in [0.2, 0.25) is 5.91 Å². The first-order valence-corrected chi connectivity index (χ1v) is 8.18. The molecule has 0 bridgehead atoms. The first-order chi connectivity index (χ1) is 8.75. The molecule has 0 aromatic heterocycles. The molecule has 0 aliphatic carbocycles. The molecule has 2 heterocycles. The van der Waals surface area contributed by atoms with Gasteiger partial charge < -0.3 is 15.0 Å². The summed E-state index contributed by atoms with van der Waals surface area (Å²) in [6.07, 6.45) is 2.50. The first kappa shape index (κ1) is 14.0. The Labute approximate surface area is 111 Å². The Morgan fingerprint density at radius 1 is 1.28 bits per heavy atom. The highest BCUT2D eigenvalue weighted by molar-refractivity contribution is 7.85. The molecule has 0 unspecified atom stereocenters. The van der Waals surface area contributed by atoms with Gasteiger partial charge in [-0.25, -0.2) is 0 Å². The average molecular weight is 274 g/mol. The van der Waals surface area contributed by atoms with Crippen LogP contribution >= 0.6 is 0 Å². The first-order valence-electron chi connectivity index (χ1n) is 6.69. The normalized spacial score (nSPS) is 29.2. The largest absolute Gasteiger partial charge is 0.378 e. The molecule has 0 radical (unpaired) electrons. The van der Waals surface area contributed by atoms with E-state index < -0.39 is 10.8 Å². The second-order valence-electron chi connectivity index (χ2n) is 4.82. The number of ether oxygens (including phenoxy) is 1.